The third-order valence-corrected chi connectivity index (χ3v) is 2.18. The van der Waals surface area contributed by atoms with Crippen molar-refractivity contribution >= 4 is 11.6 Å². The first-order chi connectivity index (χ1) is 8.36. The molecule has 1 unspecified atom stereocenters. The maximum absolute atomic E-state index is 12.5. The SMILES string of the molecule is CNc1cc(NCC(C)CO)nc(C(F)(F)F)n1. The van der Waals surface area contributed by atoms with Gasteiger partial charge in [-0.3, -0.25) is 0 Å². The van der Waals surface area contributed by atoms with Crippen molar-refractivity contribution in [2.24, 2.45) is 5.92 Å². The van der Waals surface area contributed by atoms with E-state index in [-0.39, 0.29) is 24.2 Å². The van der Waals surface area contributed by atoms with E-state index in [1.807, 2.05) is 0 Å². The fraction of sp³-hybridized carbons (Fsp3) is 0.600. The molecule has 0 bridgehead atoms. The highest BCUT2D eigenvalue weighted by atomic mass is 19.4. The molecular formula is C10H15F3N4O. The van der Waals surface area contributed by atoms with Gasteiger partial charge < -0.3 is 15.7 Å². The highest BCUT2D eigenvalue weighted by Crippen LogP contribution is 2.28. The summed E-state index contributed by atoms with van der Waals surface area (Å²) in [5, 5.41) is 14.1. The van der Waals surface area contributed by atoms with Gasteiger partial charge in [-0.25, -0.2) is 9.97 Å². The van der Waals surface area contributed by atoms with E-state index in [1.54, 1.807) is 6.92 Å². The zero-order valence-corrected chi connectivity index (χ0v) is 10.0. The van der Waals surface area contributed by atoms with E-state index in [4.69, 9.17) is 5.11 Å². The molecule has 0 fully saturated rings. The van der Waals surface area contributed by atoms with Gasteiger partial charge in [-0.15, -0.1) is 0 Å². The summed E-state index contributed by atoms with van der Waals surface area (Å²) in [6, 6.07) is 1.37. The van der Waals surface area contributed by atoms with E-state index in [9.17, 15) is 13.2 Å². The molecule has 1 atom stereocenters. The van der Waals surface area contributed by atoms with Gasteiger partial charge in [0.2, 0.25) is 5.82 Å². The Morgan fingerprint density at radius 2 is 1.94 bits per heavy atom. The van der Waals surface area contributed by atoms with Crippen LogP contribution in [0.4, 0.5) is 24.8 Å². The molecule has 1 rings (SSSR count). The molecule has 0 aliphatic heterocycles. The minimum absolute atomic E-state index is 0.0525. The van der Waals surface area contributed by atoms with E-state index in [2.05, 4.69) is 20.6 Å². The highest BCUT2D eigenvalue weighted by molar-refractivity contribution is 5.47. The van der Waals surface area contributed by atoms with Gasteiger partial charge in [-0.2, -0.15) is 13.2 Å². The van der Waals surface area contributed by atoms with Crippen molar-refractivity contribution in [2.75, 3.05) is 30.8 Å². The molecule has 0 saturated heterocycles. The predicted molar refractivity (Wildman–Crippen MR) is 61.3 cm³/mol. The van der Waals surface area contributed by atoms with E-state index in [0.717, 1.165) is 0 Å². The third kappa shape index (κ3) is 4.02. The second-order valence-corrected chi connectivity index (χ2v) is 3.88. The van der Waals surface area contributed by atoms with Crippen LogP contribution in [0.5, 0.6) is 0 Å². The van der Waals surface area contributed by atoms with Crippen LogP contribution in [0.2, 0.25) is 0 Å². The number of hydrogen-bond donors (Lipinski definition) is 3. The average Bonchev–Trinajstić information content (AvgIpc) is 2.34. The normalized spacial score (nSPS) is 13.2. The Hall–Kier alpha value is -1.57. The molecule has 8 heteroatoms. The minimum Gasteiger partial charge on any atom is -0.396 e. The quantitative estimate of drug-likeness (QED) is 0.753. The van der Waals surface area contributed by atoms with Crippen molar-refractivity contribution in [3.05, 3.63) is 11.9 Å². The van der Waals surface area contributed by atoms with Crippen LogP contribution in [0.1, 0.15) is 12.7 Å². The Morgan fingerprint density at radius 3 is 2.44 bits per heavy atom. The minimum atomic E-state index is -4.59. The van der Waals surface area contributed by atoms with Gasteiger partial charge in [0.05, 0.1) is 0 Å². The van der Waals surface area contributed by atoms with Gasteiger partial charge in [0.1, 0.15) is 11.6 Å². The van der Waals surface area contributed by atoms with E-state index in [1.165, 1.54) is 13.1 Å². The van der Waals surface area contributed by atoms with Crippen molar-refractivity contribution in [1.82, 2.24) is 9.97 Å². The van der Waals surface area contributed by atoms with Crippen LogP contribution in [0, 0.1) is 5.92 Å². The maximum atomic E-state index is 12.5. The molecule has 0 aliphatic carbocycles. The summed E-state index contributed by atoms with van der Waals surface area (Å²) >= 11 is 0. The number of nitrogens with one attached hydrogen (secondary N) is 2. The van der Waals surface area contributed by atoms with Crippen LogP contribution in [0.15, 0.2) is 6.07 Å². The summed E-state index contributed by atoms with van der Waals surface area (Å²) in [7, 11) is 1.47. The van der Waals surface area contributed by atoms with Crippen molar-refractivity contribution in [3.63, 3.8) is 0 Å². The average molecular weight is 264 g/mol. The first-order valence-electron chi connectivity index (χ1n) is 5.35. The Bertz CT molecular complexity index is 397. The molecule has 0 amide bonds. The van der Waals surface area contributed by atoms with Crippen molar-refractivity contribution in [3.8, 4) is 0 Å². The third-order valence-electron chi connectivity index (χ3n) is 2.18. The summed E-state index contributed by atoms with van der Waals surface area (Å²) in [5.41, 5.74) is 0. The Morgan fingerprint density at radius 1 is 1.33 bits per heavy atom. The highest BCUT2D eigenvalue weighted by Gasteiger charge is 2.35. The number of aliphatic hydroxyl groups excluding tert-OH is 1. The van der Waals surface area contributed by atoms with E-state index < -0.39 is 12.0 Å². The Labute approximate surface area is 102 Å². The molecule has 1 aromatic heterocycles. The number of nitrogens with zero attached hydrogens (tertiary/aromatic N) is 2. The van der Waals surface area contributed by atoms with Gasteiger partial charge >= 0.3 is 6.18 Å². The molecule has 0 aromatic carbocycles. The lowest BCUT2D eigenvalue weighted by atomic mass is 10.2. The summed E-state index contributed by atoms with van der Waals surface area (Å²) in [6.45, 7) is 2.04. The van der Waals surface area contributed by atoms with Crippen LogP contribution in [-0.2, 0) is 6.18 Å². The van der Waals surface area contributed by atoms with Crippen LogP contribution in [0.3, 0.4) is 0 Å². The van der Waals surface area contributed by atoms with E-state index >= 15 is 0 Å². The molecule has 0 radical (unpaired) electrons. The molecule has 1 heterocycles. The molecule has 0 spiro atoms. The summed E-state index contributed by atoms with van der Waals surface area (Å²) < 4.78 is 37.6. The number of hydrogen-bond acceptors (Lipinski definition) is 5. The maximum Gasteiger partial charge on any atom is 0.451 e. The van der Waals surface area contributed by atoms with Crippen LogP contribution >= 0.6 is 0 Å². The van der Waals surface area contributed by atoms with Gasteiger partial charge in [0.25, 0.3) is 0 Å². The number of aliphatic hydroxyl groups is 1. The second-order valence-electron chi connectivity index (χ2n) is 3.88. The molecule has 3 N–H and O–H groups in total. The zero-order valence-electron chi connectivity index (χ0n) is 10.0. The first kappa shape index (κ1) is 14.5. The predicted octanol–water partition coefficient (Wildman–Crippen LogP) is 1.58. The van der Waals surface area contributed by atoms with Crippen molar-refractivity contribution in [2.45, 2.75) is 13.1 Å². The Balaban J connectivity index is 2.91. The van der Waals surface area contributed by atoms with Gasteiger partial charge in [-0.1, -0.05) is 6.92 Å². The van der Waals surface area contributed by atoms with Gasteiger partial charge in [-0.05, 0) is 5.92 Å². The first-order valence-corrected chi connectivity index (χ1v) is 5.35. The summed E-state index contributed by atoms with van der Waals surface area (Å²) in [5.74, 6) is -1.13. The lowest BCUT2D eigenvalue weighted by Crippen LogP contribution is -2.18. The number of alkyl halides is 3. The molecule has 102 valence electrons. The van der Waals surface area contributed by atoms with Crippen LogP contribution in [-0.4, -0.2) is 35.3 Å². The fourth-order valence-corrected chi connectivity index (χ4v) is 1.14. The molecule has 1 aromatic rings. The smallest absolute Gasteiger partial charge is 0.396 e. The molecular weight excluding hydrogens is 249 g/mol. The number of rotatable bonds is 5. The van der Waals surface area contributed by atoms with E-state index in [0.29, 0.717) is 6.54 Å². The van der Waals surface area contributed by atoms with Crippen LogP contribution < -0.4 is 10.6 Å². The molecule has 0 saturated carbocycles. The van der Waals surface area contributed by atoms with Gasteiger partial charge in [0.15, 0.2) is 0 Å². The summed E-state index contributed by atoms with van der Waals surface area (Å²) in [6.07, 6.45) is -4.59. The Kier molecular flexibility index (Phi) is 4.71. The standard InChI is InChI=1S/C10H15F3N4O/c1-6(5-18)4-15-8-3-7(14-2)16-9(17-8)10(11,12)13/h3,6,18H,4-5H2,1-2H3,(H2,14,15,16,17). The second kappa shape index (κ2) is 5.85. The zero-order chi connectivity index (χ0) is 13.8. The molecule has 18 heavy (non-hydrogen) atoms. The fourth-order valence-electron chi connectivity index (χ4n) is 1.14. The van der Waals surface area contributed by atoms with Crippen molar-refractivity contribution < 1.29 is 18.3 Å². The van der Waals surface area contributed by atoms with Crippen molar-refractivity contribution in [1.29, 1.82) is 0 Å². The monoisotopic (exact) mass is 264 g/mol. The largest absolute Gasteiger partial charge is 0.451 e. The van der Waals surface area contributed by atoms with Crippen LogP contribution in [0.25, 0.3) is 0 Å². The lowest BCUT2D eigenvalue weighted by molar-refractivity contribution is -0.144. The number of anilines is 2. The lowest BCUT2D eigenvalue weighted by Gasteiger charge is -2.13. The van der Waals surface area contributed by atoms with Gasteiger partial charge in [0, 0.05) is 26.3 Å². The summed E-state index contributed by atoms with van der Waals surface area (Å²) in [4.78, 5) is 6.72. The topological polar surface area (TPSA) is 70.1 Å². The number of halogens is 3. The molecule has 0 aliphatic rings. The molecule has 5 nitrogen and oxygen atoms in total. The number of aromatic nitrogens is 2.